The number of likely N-dealkylation sites (N-methyl/N-ethyl adjacent to an activating group) is 1. The zero-order valence-electron chi connectivity index (χ0n) is 22.4. The molecule has 1 amide bonds. The molecule has 196 valence electrons. The number of nitrogens with zero attached hydrogens (tertiary/aromatic N) is 2. The largest absolute Gasteiger partial charge is 0.497 e. The Morgan fingerprint density at radius 3 is 2.44 bits per heavy atom. The summed E-state index contributed by atoms with van der Waals surface area (Å²) in [6.45, 7) is 2.09. The standard InChI is InChI=1S/C30H43N2O4/c1-32(2,20-18-23-11-10-16-26(21-23)35-3)27-17-19-31(22-28(27)36-4)29(33)30(34,25-14-8-9-15-25)24-12-6-5-7-13-24/h5-7,10-13,16,21,25,27-28,34H,8-9,14-15,17-20,22H2,1-4H3/q+1. The third-order valence-corrected chi connectivity index (χ3v) is 8.61. The van der Waals surface area contributed by atoms with Crippen LogP contribution in [0.3, 0.4) is 0 Å². The Hall–Kier alpha value is -2.41. The van der Waals surface area contributed by atoms with Crippen LogP contribution >= 0.6 is 0 Å². The van der Waals surface area contributed by atoms with Crippen molar-refractivity contribution >= 4 is 5.91 Å². The molecule has 0 spiro atoms. The molecule has 0 aromatic heterocycles. The monoisotopic (exact) mass is 495 g/mol. The van der Waals surface area contributed by atoms with Gasteiger partial charge in [-0.1, -0.05) is 55.3 Å². The Bertz CT molecular complexity index is 1010. The first kappa shape index (κ1) is 26.6. The Morgan fingerprint density at radius 1 is 1.06 bits per heavy atom. The van der Waals surface area contributed by atoms with Crippen LogP contribution in [0.2, 0.25) is 0 Å². The molecule has 1 heterocycles. The summed E-state index contributed by atoms with van der Waals surface area (Å²) in [5.74, 6) is 0.677. The Morgan fingerprint density at radius 2 is 1.78 bits per heavy atom. The van der Waals surface area contributed by atoms with Crippen LogP contribution in [0.15, 0.2) is 54.6 Å². The van der Waals surface area contributed by atoms with Crippen molar-refractivity contribution in [2.24, 2.45) is 5.92 Å². The molecule has 1 aliphatic carbocycles. The second-order valence-corrected chi connectivity index (χ2v) is 11.1. The fourth-order valence-corrected chi connectivity index (χ4v) is 6.34. The molecule has 2 aromatic carbocycles. The minimum Gasteiger partial charge on any atom is -0.497 e. The highest BCUT2D eigenvalue weighted by atomic mass is 16.5. The normalized spacial score (nSPS) is 22.9. The lowest BCUT2D eigenvalue weighted by Gasteiger charge is -2.48. The second-order valence-electron chi connectivity index (χ2n) is 11.1. The van der Waals surface area contributed by atoms with Crippen molar-refractivity contribution in [3.8, 4) is 5.75 Å². The number of hydrogen-bond donors (Lipinski definition) is 1. The SMILES string of the molecule is COc1cccc(CC[N+](C)(C)C2CCN(C(=O)C(O)(c3ccccc3)C3CCCC3)CC2OC)c1. The first-order valence-electron chi connectivity index (χ1n) is 13.3. The first-order valence-corrected chi connectivity index (χ1v) is 13.3. The van der Waals surface area contributed by atoms with E-state index in [9.17, 15) is 9.90 Å². The number of quaternary nitrogens is 1. The number of carbonyl (C=O) groups is 1. The molecule has 3 atom stereocenters. The topological polar surface area (TPSA) is 59.0 Å². The fraction of sp³-hybridized carbons (Fsp3) is 0.567. The minimum absolute atomic E-state index is 0.0406. The van der Waals surface area contributed by atoms with Crippen LogP contribution in [0.1, 0.15) is 43.2 Å². The van der Waals surface area contributed by atoms with Crippen molar-refractivity contribution in [2.45, 2.75) is 56.3 Å². The molecule has 2 aliphatic rings. The van der Waals surface area contributed by atoms with Gasteiger partial charge in [0.25, 0.3) is 5.91 Å². The van der Waals surface area contributed by atoms with Crippen LogP contribution in [0, 0.1) is 5.92 Å². The zero-order chi connectivity index (χ0) is 25.8. The number of piperidine rings is 1. The molecule has 2 fully saturated rings. The summed E-state index contributed by atoms with van der Waals surface area (Å²) in [7, 11) is 7.96. The minimum atomic E-state index is -1.47. The second kappa shape index (κ2) is 11.3. The lowest BCUT2D eigenvalue weighted by molar-refractivity contribution is -0.919. The number of methoxy groups -OCH3 is 2. The lowest BCUT2D eigenvalue weighted by Crippen LogP contribution is -2.64. The van der Waals surface area contributed by atoms with Gasteiger partial charge in [-0.3, -0.25) is 4.79 Å². The predicted octanol–water partition coefficient (Wildman–Crippen LogP) is 4.01. The van der Waals surface area contributed by atoms with E-state index in [0.717, 1.165) is 55.3 Å². The van der Waals surface area contributed by atoms with E-state index in [0.29, 0.717) is 18.7 Å². The lowest BCUT2D eigenvalue weighted by atomic mass is 9.78. The van der Waals surface area contributed by atoms with Crippen molar-refractivity contribution in [2.75, 3.05) is 47.9 Å². The molecule has 1 saturated heterocycles. The van der Waals surface area contributed by atoms with E-state index in [-0.39, 0.29) is 24.0 Å². The van der Waals surface area contributed by atoms with Gasteiger partial charge in [-0.25, -0.2) is 0 Å². The molecule has 1 N–H and O–H groups in total. The van der Waals surface area contributed by atoms with Crippen molar-refractivity contribution in [3.05, 3.63) is 65.7 Å². The molecule has 6 nitrogen and oxygen atoms in total. The van der Waals surface area contributed by atoms with Crippen molar-refractivity contribution < 1.29 is 23.9 Å². The van der Waals surface area contributed by atoms with Gasteiger partial charge in [0.1, 0.15) is 17.9 Å². The summed E-state index contributed by atoms with van der Waals surface area (Å²) >= 11 is 0. The summed E-state index contributed by atoms with van der Waals surface area (Å²) in [5, 5.41) is 12.0. The maximum atomic E-state index is 14.0. The fourth-order valence-electron chi connectivity index (χ4n) is 6.34. The van der Waals surface area contributed by atoms with E-state index in [1.165, 1.54) is 5.56 Å². The smallest absolute Gasteiger partial charge is 0.259 e. The molecule has 1 saturated carbocycles. The van der Waals surface area contributed by atoms with Gasteiger partial charge in [-0.15, -0.1) is 0 Å². The van der Waals surface area contributed by atoms with Gasteiger partial charge in [-0.05, 0) is 36.1 Å². The molecular formula is C30H43N2O4+. The molecule has 6 heteroatoms. The van der Waals surface area contributed by atoms with Crippen LogP contribution in [0.5, 0.6) is 5.75 Å². The van der Waals surface area contributed by atoms with Gasteiger partial charge >= 0.3 is 0 Å². The summed E-state index contributed by atoms with van der Waals surface area (Å²) in [6.07, 6.45) is 5.58. The van der Waals surface area contributed by atoms with Gasteiger partial charge < -0.3 is 24.0 Å². The highest BCUT2D eigenvalue weighted by molar-refractivity contribution is 5.87. The molecule has 2 aromatic rings. The van der Waals surface area contributed by atoms with Crippen molar-refractivity contribution in [1.82, 2.24) is 4.90 Å². The van der Waals surface area contributed by atoms with E-state index in [2.05, 4.69) is 26.2 Å². The highest BCUT2D eigenvalue weighted by Gasteiger charge is 2.50. The molecule has 3 unspecified atom stereocenters. The van der Waals surface area contributed by atoms with Gasteiger partial charge in [0.05, 0.1) is 34.3 Å². The highest BCUT2D eigenvalue weighted by Crippen LogP contribution is 2.42. The van der Waals surface area contributed by atoms with E-state index in [1.54, 1.807) is 14.2 Å². The third-order valence-electron chi connectivity index (χ3n) is 8.61. The van der Waals surface area contributed by atoms with Gasteiger partial charge in [-0.2, -0.15) is 0 Å². The van der Waals surface area contributed by atoms with Crippen molar-refractivity contribution in [3.63, 3.8) is 0 Å². The molecular weight excluding hydrogens is 452 g/mol. The molecule has 4 rings (SSSR count). The maximum absolute atomic E-state index is 14.0. The number of hydrogen-bond acceptors (Lipinski definition) is 4. The van der Waals surface area contributed by atoms with E-state index >= 15 is 0 Å². The number of ether oxygens (including phenoxy) is 2. The average Bonchev–Trinajstić information content (AvgIpc) is 3.47. The van der Waals surface area contributed by atoms with Gasteiger partial charge in [0.2, 0.25) is 0 Å². The summed E-state index contributed by atoms with van der Waals surface area (Å²) in [6, 6.07) is 18.1. The number of benzene rings is 2. The van der Waals surface area contributed by atoms with Crippen LogP contribution in [-0.2, 0) is 21.6 Å². The summed E-state index contributed by atoms with van der Waals surface area (Å²) in [5.41, 5.74) is 0.499. The third kappa shape index (κ3) is 5.46. The number of aliphatic hydroxyl groups is 1. The summed E-state index contributed by atoms with van der Waals surface area (Å²) in [4.78, 5) is 15.9. The molecule has 1 aliphatic heterocycles. The first-order chi connectivity index (χ1) is 17.3. The van der Waals surface area contributed by atoms with Crippen molar-refractivity contribution in [1.29, 1.82) is 0 Å². The Kier molecular flexibility index (Phi) is 8.38. The number of rotatable bonds is 9. The quantitative estimate of drug-likeness (QED) is 0.534. The molecule has 0 bridgehead atoms. The zero-order valence-corrected chi connectivity index (χ0v) is 22.4. The maximum Gasteiger partial charge on any atom is 0.259 e. The Balaban J connectivity index is 1.48. The van der Waals surface area contributed by atoms with Gasteiger partial charge in [0.15, 0.2) is 5.60 Å². The molecule has 36 heavy (non-hydrogen) atoms. The molecule has 0 radical (unpaired) electrons. The summed E-state index contributed by atoms with van der Waals surface area (Å²) < 4.78 is 12.2. The van der Waals surface area contributed by atoms with Crippen LogP contribution < -0.4 is 4.74 Å². The van der Waals surface area contributed by atoms with E-state index in [1.807, 2.05) is 47.4 Å². The predicted molar refractivity (Wildman–Crippen MR) is 142 cm³/mol. The average molecular weight is 496 g/mol. The number of carbonyl (C=O) groups excluding carboxylic acids is 1. The van der Waals surface area contributed by atoms with Gasteiger partial charge in [0, 0.05) is 32.4 Å². The number of likely N-dealkylation sites (tertiary alicyclic amines) is 1. The van der Waals surface area contributed by atoms with E-state index < -0.39 is 5.60 Å². The number of amides is 1. The Labute approximate surface area is 216 Å². The van der Waals surface area contributed by atoms with Crippen LogP contribution in [-0.4, -0.2) is 80.5 Å². The van der Waals surface area contributed by atoms with Crippen LogP contribution in [0.4, 0.5) is 0 Å². The van der Waals surface area contributed by atoms with E-state index in [4.69, 9.17) is 9.47 Å². The van der Waals surface area contributed by atoms with Crippen LogP contribution in [0.25, 0.3) is 0 Å².